The Labute approximate surface area is 81.6 Å². The highest BCUT2D eigenvalue weighted by molar-refractivity contribution is 5.49. The fourth-order valence-corrected chi connectivity index (χ4v) is 2.01. The van der Waals surface area contributed by atoms with Crippen LogP contribution in [-0.4, -0.2) is 20.2 Å². The molecule has 1 aliphatic heterocycles. The van der Waals surface area contributed by atoms with Crippen LogP contribution in [0.4, 0.5) is 0 Å². The average Bonchev–Trinajstić information content (AvgIpc) is 2.65. The second-order valence-corrected chi connectivity index (χ2v) is 3.59. The van der Waals surface area contributed by atoms with Crippen LogP contribution >= 0.6 is 0 Å². The Morgan fingerprint density at radius 2 is 2.21 bits per heavy atom. The highest BCUT2D eigenvalue weighted by atomic mass is 15.5. The van der Waals surface area contributed by atoms with Crippen molar-refractivity contribution in [1.29, 1.82) is 0 Å². The first-order chi connectivity index (χ1) is 6.86. The molecule has 4 heteroatoms. The number of benzene rings is 1. The summed E-state index contributed by atoms with van der Waals surface area (Å²) in [6, 6.07) is 6.33. The third-order valence-corrected chi connectivity index (χ3v) is 2.69. The minimum atomic E-state index is 0.934. The first-order valence-electron chi connectivity index (χ1n) is 4.72. The van der Waals surface area contributed by atoms with Crippen molar-refractivity contribution in [2.45, 2.75) is 19.8 Å². The summed E-state index contributed by atoms with van der Waals surface area (Å²) in [5.74, 6) is 0.965. The first kappa shape index (κ1) is 7.67. The topological polar surface area (TPSA) is 43.6 Å². The van der Waals surface area contributed by atoms with Crippen molar-refractivity contribution in [3.63, 3.8) is 0 Å². The van der Waals surface area contributed by atoms with Gasteiger partial charge in [0.05, 0.1) is 5.69 Å². The molecule has 3 rings (SSSR count). The molecular formula is C10H10N4. The summed E-state index contributed by atoms with van der Waals surface area (Å²) in [7, 11) is 0. The van der Waals surface area contributed by atoms with E-state index in [0.29, 0.717) is 0 Å². The number of hydrogen-bond acceptors (Lipinski definition) is 3. The monoisotopic (exact) mass is 186 g/mol. The van der Waals surface area contributed by atoms with E-state index in [9.17, 15) is 0 Å². The molecule has 0 unspecified atom stereocenters. The molecule has 0 N–H and O–H groups in total. The number of tetrazole rings is 1. The van der Waals surface area contributed by atoms with Crippen molar-refractivity contribution in [2.24, 2.45) is 0 Å². The van der Waals surface area contributed by atoms with Crippen molar-refractivity contribution in [1.82, 2.24) is 20.2 Å². The largest absolute Gasteiger partial charge is 0.197 e. The van der Waals surface area contributed by atoms with Gasteiger partial charge in [-0.15, -0.1) is 5.10 Å². The Kier molecular flexibility index (Phi) is 1.45. The molecule has 0 radical (unpaired) electrons. The lowest BCUT2D eigenvalue weighted by Crippen LogP contribution is -2.14. The van der Waals surface area contributed by atoms with Crippen molar-refractivity contribution in [2.75, 3.05) is 0 Å². The van der Waals surface area contributed by atoms with E-state index in [1.807, 2.05) is 4.68 Å². The molecule has 0 bridgehead atoms. The van der Waals surface area contributed by atoms with Crippen LogP contribution in [0.1, 0.15) is 17.0 Å². The molecule has 4 nitrogen and oxygen atoms in total. The van der Waals surface area contributed by atoms with E-state index in [-0.39, 0.29) is 0 Å². The van der Waals surface area contributed by atoms with Gasteiger partial charge in [0.25, 0.3) is 0 Å². The number of aryl methyl sites for hydroxylation is 3. The predicted octanol–water partition coefficient (Wildman–Crippen LogP) is 1.07. The molecule has 0 aliphatic carbocycles. The Balaban J connectivity index is 2.34. The zero-order valence-electron chi connectivity index (χ0n) is 7.94. The molecule has 2 heterocycles. The van der Waals surface area contributed by atoms with E-state index in [1.165, 1.54) is 16.8 Å². The molecule has 0 atom stereocenters. The van der Waals surface area contributed by atoms with Crippen molar-refractivity contribution >= 4 is 0 Å². The van der Waals surface area contributed by atoms with Gasteiger partial charge in [0.1, 0.15) is 0 Å². The lowest BCUT2D eigenvalue weighted by atomic mass is 10.0. The third kappa shape index (κ3) is 0.907. The molecule has 70 valence electrons. The maximum Gasteiger partial charge on any atom is 0.157 e. The number of fused-ring (bicyclic) bond motifs is 3. The lowest BCUT2D eigenvalue weighted by molar-refractivity contribution is 0.707. The smallest absolute Gasteiger partial charge is 0.157 e. The second-order valence-electron chi connectivity index (χ2n) is 3.59. The van der Waals surface area contributed by atoms with Crippen LogP contribution in [0.5, 0.6) is 0 Å². The summed E-state index contributed by atoms with van der Waals surface area (Å²) >= 11 is 0. The number of hydrogen-bond donors (Lipinski definition) is 0. The van der Waals surface area contributed by atoms with Crippen LogP contribution in [0.15, 0.2) is 18.2 Å². The fourth-order valence-electron chi connectivity index (χ4n) is 2.01. The number of aromatic nitrogens is 4. The molecule has 0 amide bonds. The summed E-state index contributed by atoms with van der Waals surface area (Å²) in [4.78, 5) is 0. The van der Waals surface area contributed by atoms with Crippen molar-refractivity contribution in [3.05, 3.63) is 35.2 Å². The van der Waals surface area contributed by atoms with Gasteiger partial charge in [-0.05, 0) is 34.9 Å². The van der Waals surface area contributed by atoms with Crippen LogP contribution in [-0.2, 0) is 12.8 Å². The zero-order chi connectivity index (χ0) is 9.54. The van der Waals surface area contributed by atoms with Crippen LogP contribution in [0, 0.1) is 6.92 Å². The maximum atomic E-state index is 4.01. The van der Waals surface area contributed by atoms with Gasteiger partial charge in [0.15, 0.2) is 5.82 Å². The van der Waals surface area contributed by atoms with Gasteiger partial charge in [0, 0.05) is 6.42 Å². The third-order valence-electron chi connectivity index (χ3n) is 2.69. The summed E-state index contributed by atoms with van der Waals surface area (Å²) < 4.78 is 1.86. The fraction of sp³-hybridized carbons (Fsp3) is 0.300. The summed E-state index contributed by atoms with van der Waals surface area (Å²) in [6.45, 7) is 2.09. The molecule has 0 saturated heterocycles. The summed E-state index contributed by atoms with van der Waals surface area (Å²) in [5, 5.41) is 11.7. The first-order valence-corrected chi connectivity index (χ1v) is 4.72. The lowest BCUT2D eigenvalue weighted by Gasteiger charge is -2.17. The number of rotatable bonds is 0. The minimum absolute atomic E-state index is 0.934. The van der Waals surface area contributed by atoms with E-state index in [0.717, 1.165) is 18.7 Å². The normalized spacial score (nSPS) is 13.5. The van der Waals surface area contributed by atoms with Gasteiger partial charge in [-0.2, -0.15) is 4.68 Å². The molecule has 2 aromatic rings. The second kappa shape index (κ2) is 2.64. The van der Waals surface area contributed by atoms with Crippen molar-refractivity contribution in [3.8, 4) is 5.69 Å². The van der Waals surface area contributed by atoms with Crippen LogP contribution in [0.25, 0.3) is 5.69 Å². The van der Waals surface area contributed by atoms with E-state index in [1.54, 1.807) is 0 Å². The van der Waals surface area contributed by atoms with Gasteiger partial charge >= 0.3 is 0 Å². The van der Waals surface area contributed by atoms with Crippen molar-refractivity contribution < 1.29 is 0 Å². The Bertz CT molecular complexity index is 487. The molecule has 1 aromatic heterocycles. The van der Waals surface area contributed by atoms with Gasteiger partial charge in [-0.25, -0.2) is 0 Å². The summed E-state index contributed by atoms with van der Waals surface area (Å²) in [5.41, 5.74) is 3.74. The SMILES string of the molecule is Cc1cccc2c1-n1nnnc1CC2. The predicted molar refractivity (Wildman–Crippen MR) is 51.3 cm³/mol. The van der Waals surface area contributed by atoms with Crippen LogP contribution in [0.2, 0.25) is 0 Å². The van der Waals surface area contributed by atoms with Gasteiger partial charge in [-0.1, -0.05) is 18.2 Å². The zero-order valence-corrected chi connectivity index (χ0v) is 7.94. The standard InChI is InChI=1S/C10H10N4/c1-7-3-2-4-8-5-6-9-11-12-13-14(9)10(7)8/h2-4H,5-6H2,1H3. The van der Waals surface area contributed by atoms with E-state index in [4.69, 9.17) is 0 Å². The maximum absolute atomic E-state index is 4.01. The summed E-state index contributed by atoms with van der Waals surface area (Å²) in [6.07, 6.45) is 1.97. The van der Waals surface area contributed by atoms with Crippen LogP contribution < -0.4 is 0 Å². The Hall–Kier alpha value is -1.71. The Morgan fingerprint density at radius 1 is 1.29 bits per heavy atom. The minimum Gasteiger partial charge on any atom is -0.197 e. The van der Waals surface area contributed by atoms with Gasteiger partial charge in [-0.3, -0.25) is 0 Å². The van der Waals surface area contributed by atoms with E-state index in [2.05, 4.69) is 40.6 Å². The Morgan fingerprint density at radius 3 is 3.14 bits per heavy atom. The number of nitrogens with zero attached hydrogens (tertiary/aromatic N) is 4. The van der Waals surface area contributed by atoms with Gasteiger partial charge < -0.3 is 0 Å². The molecule has 1 aromatic carbocycles. The average molecular weight is 186 g/mol. The highest BCUT2D eigenvalue weighted by Crippen LogP contribution is 2.24. The van der Waals surface area contributed by atoms with E-state index >= 15 is 0 Å². The molecule has 0 fully saturated rings. The molecule has 1 aliphatic rings. The molecule has 0 spiro atoms. The van der Waals surface area contributed by atoms with E-state index < -0.39 is 0 Å². The highest BCUT2D eigenvalue weighted by Gasteiger charge is 2.19. The molecular weight excluding hydrogens is 176 g/mol. The van der Waals surface area contributed by atoms with Crippen LogP contribution in [0.3, 0.4) is 0 Å². The number of para-hydroxylation sites is 1. The molecule has 0 saturated carbocycles. The quantitative estimate of drug-likeness (QED) is 0.618. The van der Waals surface area contributed by atoms with Gasteiger partial charge in [0.2, 0.25) is 0 Å². The molecule has 14 heavy (non-hydrogen) atoms.